The predicted molar refractivity (Wildman–Crippen MR) is 93.7 cm³/mol. The van der Waals surface area contributed by atoms with Crippen LogP contribution in [0.3, 0.4) is 0 Å². The van der Waals surface area contributed by atoms with Gasteiger partial charge in [0.25, 0.3) is 0 Å². The Morgan fingerprint density at radius 3 is 2.71 bits per heavy atom. The number of aliphatic hydroxyl groups excluding tert-OH is 1. The maximum Gasteiger partial charge on any atom is 0.227 e. The molecule has 1 aromatic rings. The van der Waals surface area contributed by atoms with Crippen molar-refractivity contribution in [2.75, 3.05) is 13.1 Å². The van der Waals surface area contributed by atoms with E-state index in [4.69, 9.17) is 0 Å². The predicted octanol–water partition coefficient (Wildman–Crippen LogP) is 2.07. The summed E-state index contributed by atoms with van der Waals surface area (Å²) in [7, 11) is 0. The zero-order valence-corrected chi connectivity index (χ0v) is 14.5. The minimum Gasteiger partial charge on any atom is -0.391 e. The summed E-state index contributed by atoms with van der Waals surface area (Å²) in [6, 6.07) is 4.38. The molecule has 1 saturated heterocycles. The summed E-state index contributed by atoms with van der Waals surface area (Å²) in [5.41, 5.74) is 0.956. The van der Waals surface area contributed by atoms with Gasteiger partial charge in [0.2, 0.25) is 5.91 Å². The van der Waals surface area contributed by atoms with Crippen molar-refractivity contribution in [1.29, 1.82) is 0 Å². The van der Waals surface area contributed by atoms with Crippen molar-refractivity contribution in [3.63, 3.8) is 0 Å². The Morgan fingerprint density at radius 2 is 2.04 bits per heavy atom. The summed E-state index contributed by atoms with van der Waals surface area (Å²) in [5.74, 6) is -0.0870. The van der Waals surface area contributed by atoms with Crippen LogP contribution in [0, 0.1) is 0 Å². The first kappa shape index (κ1) is 17.4. The van der Waals surface area contributed by atoms with E-state index in [1.807, 2.05) is 19.1 Å². The number of piperidine rings is 1. The van der Waals surface area contributed by atoms with Crippen LogP contribution in [0.5, 0.6) is 0 Å². The van der Waals surface area contributed by atoms with Crippen LogP contribution < -0.4 is 5.32 Å². The molecule has 1 amide bonds. The summed E-state index contributed by atoms with van der Waals surface area (Å²) in [6.07, 6.45) is 9.66. The summed E-state index contributed by atoms with van der Waals surface area (Å²) in [6.45, 7) is 3.86. The van der Waals surface area contributed by atoms with Gasteiger partial charge in [-0.05, 0) is 44.2 Å². The Balaban J connectivity index is 1.47. The summed E-state index contributed by atoms with van der Waals surface area (Å²) >= 11 is 0. The number of nitrogens with one attached hydrogen (secondary N) is 1. The van der Waals surface area contributed by atoms with Crippen molar-refractivity contribution in [3.05, 3.63) is 30.1 Å². The van der Waals surface area contributed by atoms with Gasteiger partial charge in [0.15, 0.2) is 0 Å². The third kappa shape index (κ3) is 4.14. The van der Waals surface area contributed by atoms with Crippen molar-refractivity contribution >= 4 is 5.91 Å². The quantitative estimate of drug-likeness (QED) is 0.886. The van der Waals surface area contributed by atoms with Crippen LogP contribution in [0.2, 0.25) is 0 Å². The molecule has 1 aromatic heterocycles. The van der Waals surface area contributed by atoms with E-state index in [-0.39, 0.29) is 24.0 Å². The van der Waals surface area contributed by atoms with Gasteiger partial charge in [-0.3, -0.25) is 14.7 Å². The second-order valence-corrected chi connectivity index (χ2v) is 7.25. The number of aliphatic hydroxyl groups is 1. The highest BCUT2D eigenvalue weighted by molar-refractivity contribution is 5.83. The van der Waals surface area contributed by atoms with Gasteiger partial charge in [0.05, 0.1) is 12.0 Å². The second kappa shape index (κ2) is 8.08. The van der Waals surface area contributed by atoms with Crippen LogP contribution in [0.1, 0.15) is 56.9 Å². The van der Waals surface area contributed by atoms with Crippen molar-refractivity contribution < 1.29 is 9.90 Å². The van der Waals surface area contributed by atoms with E-state index in [1.54, 1.807) is 12.4 Å². The topological polar surface area (TPSA) is 65.5 Å². The fourth-order valence-corrected chi connectivity index (χ4v) is 4.00. The van der Waals surface area contributed by atoms with Crippen molar-refractivity contribution in [2.24, 2.45) is 0 Å². The number of carbonyl (C=O) groups is 1. The van der Waals surface area contributed by atoms with Gasteiger partial charge in [0, 0.05) is 37.6 Å². The smallest absolute Gasteiger partial charge is 0.227 e. The van der Waals surface area contributed by atoms with Crippen LogP contribution in [-0.4, -0.2) is 52.2 Å². The number of pyridine rings is 1. The first-order valence-corrected chi connectivity index (χ1v) is 9.27. The minimum atomic E-state index is -0.171. The lowest BCUT2D eigenvalue weighted by atomic mass is 9.89. The summed E-state index contributed by atoms with van der Waals surface area (Å²) in [5, 5.41) is 13.4. The molecule has 2 fully saturated rings. The van der Waals surface area contributed by atoms with Gasteiger partial charge in [-0.15, -0.1) is 0 Å². The number of nitrogens with zero attached hydrogens (tertiary/aromatic N) is 2. The summed E-state index contributed by atoms with van der Waals surface area (Å²) < 4.78 is 0. The van der Waals surface area contributed by atoms with Gasteiger partial charge < -0.3 is 10.4 Å². The van der Waals surface area contributed by atoms with Crippen LogP contribution in [0.4, 0.5) is 0 Å². The number of likely N-dealkylation sites (tertiary alicyclic amines) is 1. The summed E-state index contributed by atoms with van der Waals surface area (Å²) in [4.78, 5) is 19.0. The standard InChI is InChI=1S/C19H29N3O2/c1-14(15-5-4-10-20-13-15)19(24)21-16-8-11-22(12-9-16)17-6-2-3-7-18(17)23/h4-5,10,13-14,16-18,23H,2-3,6-9,11-12H2,1H3,(H,21,24). The van der Waals surface area contributed by atoms with Gasteiger partial charge in [0.1, 0.15) is 0 Å². The lowest BCUT2D eigenvalue weighted by Crippen LogP contribution is -2.52. The highest BCUT2D eigenvalue weighted by atomic mass is 16.3. The fourth-order valence-electron chi connectivity index (χ4n) is 4.00. The number of carbonyl (C=O) groups excluding carboxylic acids is 1. The Labute approximate surface area is 144 Å². The average molecular weight is 331 g/mol. The molecule has 2 N–H and O–H groups in total. The number of hydrogen-bond acceptors (Lipinski definition) is 4. The van der Waals surface area contributed by atoms with Crippen LogP contribution in [-0.2, 0) is 4.79 Å². The van der Waals surface area contributed by atoms with Crippen LogP contribution >= 0.6 is 0 Å². The lowest BCUT2D eigenvalue weighted by molar-refractivity contribution is -0.123. The molecule has 1 aliphatic heterocycles. The Kier molecular flexibility index (Phi) is 5.85. The largest absolute Gasteiger partial charge is 0.391 e. The van der Waals surface area contributed by atoms with Crippen LogP contribution in [0.25, 0.3) is 0 Å². The molecule has 3 atom stereocenters. The minimum absolute atomic E-state index is 0.0825. The molecule has 0 spiro atoms. The molecular formula is C19H29N3O2. The van der Waals surface area contributed by atoms with E-state index in [1.165, 1.54) is 6.42 Å². The molecule has 24 heavy (non-hydrogen) atoms. The van der Waals surface area contributed by atoms with Crippen molar-refractivity contribution in [1.82, 2.24) is 15.2 Å². The molecule has 5 heteroatoms. The van der Waals surface area contributed by atoms with E-state index in [0.717, 1.165) is 50.8 Å². The van der Waals surface area contributed by atoms with E-state index in [9.17, 15) is 9.90 Å². The number of aromatic nitrogens is 1. The molecule has 3 unspecified atom stereocenters. The van der Waals surface area contributed by atoms with Gasteiger partial charge in [-0.25, -0.2) is 0 Å². The highest BCUT2D eigenvalue weighted by Crippen LogP contribution is 2.26. The molecule has 2 heterocycles. The number of amides is 1. The third-order valence-electron chi connectivity index (χ3n) is 5.62. The zero-order valence-electron chi connectivity index (χ0n) is 14.5. The van der Waals surface area contributed by atoms with E-state index >= 15 is 0 Å². The zero-order chi connectivity index (χ0) is 16.9. The monoisotopic (exact) mass is 331 g/mol. The number of hydrogen-bond donors (Lipinski definition) is 2. The molecular weight excluding hydrogens is 302 g/mol. The van der Waals surface area contributed by atoms with Crippen molar-refractivity contribution in [2.45, 2.75) is 69.6 Å². The SMILES string of the molecule is CC(C(=O)NC1CCN(C2CCCCC2O)CC1)c1cccnc1. The maximum atomic E-state index is 12.5. The Hall–Kier alpha value is -1.46. The Morgan fingerprint density at radius 1 is 1.29 bits per heavy atom. The molecule has 5 nitrogen and oxygen atoms in total. The molecule has 3 rings (SSSR count). The molecule has 1 aliphatic carbocycles. The first-order chi connectivity index (χ1) is 11.6. The molecule has 132 valence electrons. The highest BCUT2D eigenvalue weighted by Gasteiger charge is 2.32. The van der Waals surface area contributed by atoms with Crippen LogP contribution in [0.15, 0.2) is 24.5 Å². The van der Waals surface area contributed by atoms with Gasteiger partial charge >= 0.3 is 0 Å². The third-order valence-corrected chi connectivity index (χ3v) is 5.62. The van der Waals surface area contributed by atoms with E-state index in [0.29, 0.717) is 6.04 Å². The Bertz CT molecular complexity index is 529. The molecule has 1 saturated carbocycles. The lowest BCUT2D eigenvalue weighted by Gasteiger charge is -2.41. The molecule has 2 aliphatic rings. The normalized spacial score (nSPS) is 27.6. The van der Waals surface area contributed by atoms with Gasteiger partial charge in [-0.1, -0.05) is 18.9 Å². The number of rotatable bonds is 4. The average Bonchev–Trinajstić information content (AvgIpc) is 2.63. The molecule has 0 aromatic carbocycles. The van der Waals surface area contributed by atoms with E-state index < -0.39 is 0 Å². The maximum absolute atomic E-state index is 12.5. The first-order valence-electron chi connectivity index (χ1n) is 9.27. The second-order valence-electron chi connectivity index (χ2n) is 7.25. The van der Waals surface area contributed by atoms with E-state index in [2.05, 4.69) is 15.2 Å². The molecule has 0 bridgehead atoms. The fraction of sp³-hybridized carbons (Fsp3) is 0.684. The molecule has 0 radical (unpaired) electrons. The van der Waals surface area contributed by atoms with Crippen molar-refractivity contribution in [3.8, 4) is 0 Å². The van der Waals surface area contributed by atoms with Gasteiger partial charge in [-0.2, -0.15) is 0 Å².